The zero-order valence-electron chi connectivity index (χ0n) is 14.0. The van der Waals surface area contributed by atoms with Crippen LogP contribution >= 0.6 is 15.9 Å². The number of ether oxygens (including phenoxy) is 1. The van der Waals surface area contributed by atoms with Gasteiger partial charge in [-0.05, 0) is 28.8 Å². The van der Waals surface area contributed by atoms with Crippen molar-refractivity contribution in [2.24, 2.45) is 0 Å². The molecule has 0 spiro atoms. The third-order valence-corrected chi connectivity index (χ3v) is 10.6. The van der Waals surface area contributed by atoms with Gasteiger partial charge >= 0.3 is 0 Å². The van der Waals surface area contributed by atoms with Crippen molar-refractivity contribution in [3.8, 4) is 17.2 Å². The van der Waals surface area contributed by atoms with Crippen LogP contribution < -0.4 is 9.16 Å². The highest BCUT2D eigenvalue weighted by atomic mass is 79.9. The second-order valence-electron chi connectivity index (χ2n) is 6.38. The monoisotopic (exact) mass is 374 g/mol. The van der Waals surface area contributed by atoms with Crippen molar-refractivity contribution in [3.05, 3.63) is 16.6 Å². The fraction of sp³-hybridized carbons (Fsp3) is 0.625. The zero-order chi connectivity index (χ0) is 16.4. The summed E-state index contributed by atoms with van der Waals surface area (Å²) in [7, 11) is -0.525. The lowest BCUT2D eigenvalue weighted by molar-refractivity contribution is 0.363. The maximum atomic E-state index is 10.3. The van der Waals surface area contributed by atoms with E-state index < -0.39 is 8.32 Å². The van der Waals surface area contributed by atoms with Crippen LogP contribution in [0.3, 0.4) is 0 Å². The fourth-order valence-corrected chi connectivity index (χ4v) is 9.03. The lowest BCUT2D eigenvalue weighted by Gasteiger charge is -2.42. The van der Waals surface area contributed by atoms with Crippen LogP contribution in [0.25, 0.3) is 0 Å². The fourth-order valence-electron chi connectivity index (χ4n) is 3.34. The maximum absolute atomic E-state index is 10.3. The minimum absolute atomic E-state index is 0.125. The molecule has 21 heavy (non-hydrogen) atoms. The van der Waals surface area contributed by atoms with E-state index in [4.69, 9.17) is 9.16 Å². The molecular formula is C16H27BrO3Si. The molecule has 1 N–H and O–H groups in total. The smallest absolute Gasteiger partial charge is 0.259 e. The van der Waals surface area contributed by atoms with E-state index in [0.717, 1.165) is 4.47 Å². The van der Waals surface area contributed by atoms with Crippen molar-refractivity contribution in [2.75, 3.05) is 7.11 Å². The molecule has 0 atom stereocenters. The number of rotatable bonds is 6. The first-order chi connectivity index (χ1) is 9.66. The summed E-state index contributed by atoms with van der Waals surface area (Å²) in [4.78, 5) is 0. The average molecular weight is 375 g/mol. The van der Waals surface area contributed by atoms with Crippen molar-refractivity contribution >= 4 is 24.2 Å². The van der Waals surface area contributed by atoms with Crippen LogP contribution in [0.15, 0.2) is 16.6 Å². The van der Waals surface area contributed by atoms with Gasteiger partial charge in [-0.3, -0.25) is 0 Å². The molecule has 0 saturated heterocycles. The van der Waals surface area contributed by atoms with Gasteiger partial charge in [0.15, 0.2) is 17.2 Å². The van der Waals surface area contributed by atoms with Gasteiger partial charge in [-0.15, -0.1) is 0 Å². The minimum Gasteiger partial charge on any atom is -0.538 e. The van der Waals surface area contributed by atoms with Crippen LogP contribution in [-0.2, 0) is 0 Å². The lowest BCUT2D eigenvalue weighted by atomic mass is 10.3. The van der Waals surface area contributed by atoms with Gasteiger partial charge in [0.05, 0.1) is 7.11 Å². The Balaban J connectivity index is 3.40. The van der Waals surface area contributed by atoms with Crippen LogP contribution in [-0.4, -0.2) is 20.5 Å². The Hall–Kier alpha value is -0.683. The highest BCUT2D eigenvalue weighted by Crippen LogP contribution is 2.48. The molecule has 0 radical (unpaired) electrons. The van der Waals surface area contributed by atoms with Crippen LogP contribution in [0.4, 0.5) is 0 Å². The Kier molecular flexibility index (Phi) is 6.17. The predicted octanol–water partition coefficient (Wildman–Crippen LogP) is 5.72. The molecule has 120 valence electrons. The van der Waals surface area contributed by atoms with Gasteiger partial charge in [0.1, 0.15) is 0 Å². The predicted molar refractivity (Wildman–Crippen MR) is 94.0 cm³/mol. The summed E-state index contributed by atoms with van der Waals surface area (Å²) < 4.78 is 12.7. The SMILES string of the molecule is COc1cc(Br)cc(O)c1O[Si](C(C)C)(C(C)C)C(C)C. The van der Waals surface area contributed by atoms with Crippen molar-refractivity contribution in [1.29, 1.82) is 0 Å². The van der Waals surface area contributed by atoms with Crippen LogP contribution in [0.2, 0.25) is 16.6 Å². The molecule has 5 heteroatoms. The standard InChI is InChI=1S/C16H27BrO3Si/c1-10(2)21(11(3)4,12(5)6)20-16-14(18)8-13(17)9-15(16)19-7/h8-12,18H,1-7H3. The topological polar surface area (TPSA) is 38.7 Å². The van der Waals surface area contributed by atoms with E-state index >= 15 is 0 Å². The first kappa shape index (κ1) is 18.4. The number of aromatic hydroxyl groups is 1. The quantitative estimate of drug-likeness (QED) is 0.647. The molecule has 3 nitrogen and oxygen atoms in total. The molecular weight excluding hydrogens is 348 g/mol. The Labute approximate surface area is 137 Å². The largest absolute Gasteiger partial charge is 0.538 e. The van der Waals surface area contributed by atoms with Gasteiger partial charge in [0.25, 0.3) is 8.32 Å². The molecule has 0 amide bonds. The van der Waals surface area contributed by atoms with E-state index in [1.807, 2.05) is 6.07 Å². The summed E-state index contributed by atoms with van der Waals surface area (Å²) in [5.74, 6) is 1.17. The third kappa shape index (κ3) is 3.56. The van der Waals surface area contributed by atoms with Gasteiger partial charge in [-0.2, -0.15) is 0 Å². The number of methoxy groups -OCH3 is 1. The maximum Gasteiger partial charge on any atom is 0.259 e. The van der Waals surface area contributed by atoms with Gasteiger partial charge in [0, 0.05) is 4.47 Å². The van der Waals surface area contributed by atoms with E-state index in [-0.39, 0.29) is 5.75 Å². The minimum atomic E-state index is -2.12. The number of hydrogen-bond acceptors (Lipinski definition) is 3. The molecule has 0 aliphatic carbocycles. The van der Waals surface area contributed by atoms with Crippen molar-refractivity contribution < 1.29 is 14.3 Å². The van der Waals surface area contributed by atoms with Crippen molar-refractivity contribution in [3.63, 3.8) is 0 Å². The van der Waals surface area contributed by atoms with Gasteiger partial charge in [-0.1, -0.05) is 57.5 Å². The molecule has 0 heterocycles. The highest BCUT2D eigenvalue weighted by molar-refractivity contribution is 9.10. The Morgan fingerprint density at radius 1 is 1.00 bits per heavy atom. The van der Waals surface area contributed by atoms with E-state index in [1.165, 1.54) is 0 Å². The molecule has 0 fully saturated rings. The number of phenols is 1. The Morgan fingerprint density at radius 3 is 1.86 bits per heavy atom. The van der Waals surface area contributed by atoms with Crippen molar-refractivity contribution in [2.45, 2.75) is 58.2 Å². The molecule has 0 unspecified atom stereocenters. The highest BCUT2D eigenvalue weighted by Gasteiger charge is 2.47. The summed E-state index contributed by atoms with van der Waals surface area (Å²) in [5, 5.41) is 10.3. The molecule has 0 aliphatic rings. The summed E-state index contributed by atoms with van der Waals surface area (Å²) in [6.07, 6.45) is 0. The molecule has 0 aliphatic heterocycles. The molecule has 0 saturated carbocycles. The van der Waals surface area contributed by atoms with Gasteiger partial charge in [0.2, 0.25) is 0 Å². The number of phenolic OH excluding ortho intramolecular Hbond substituents is 1. The van der Waals surface area contributed by atoms with E-state index in [1.54, 1.807) is 13.2 Å². The molecule has 1 aromatic rings. The summed E-state index contributed by atoms with van der Waals surface area (Å²) >= 11 is 3.37. The third-order valence-electron chi connectivity index (χ3n) is 4.21. The molecule has 0 bridgehead atoms. The second-order valence-corrected chi connectivity index (χ2v) is 12.7. The normalized spacial score (nSPS) is 12.3. The summed E-state index contributed by atoms with van der Waals surface area (Å²) in [6.45, 7) is 13.3. The lowest BCUT2D eigenvalue weighted by Crippen LogP contribution is -2.50. The summed E-state index contributed by atoms with van der Waals surface area (Å²) in [5.41, 5.74) is 1.31. The van der Waals surface area contributed by atoms with E-state index in [9.17, 15) is 5.11 Å². The number of benzene rings is 1. The van der Waals surface area contributed by atoms with Crippen LogP contribution in [0.5, 0.6) is 17.2 Å². The number of hydrogen-bond donors (Lipinski definition) is 1. The van der Waals surface area contributed by atoms with E-state index in [2.05, 4.69) is 57.5 Å². The van der Waals surface area contributed by atoms with E-state index in [0.29, 0.717) is 28.1 Å². The molecule has 0 aromatic heterocycles. The van der Waals surface area contributed by atoms with Crippen LogP contribution in [0, 0.1) is 0 Å². The van der Waals surface area contributed by atoms with Crippen molar-refractivity contribution in [1.82, 2.24) is 0 Å². The first-order valence-corrected chi connectivity index (χ1v) is 10.4. The average Bonchev–Trinajstić information content (AvgIpc) is 2.35. The summed E-state index contributed by atoms with van der Waals surface area (Å²) in [6, 6.07) is 3.48. The molecule has 1 rings (SSSR count). The zero-order valence-corrected chi connectivity index (χ0v) is 16.6. The Morgan fingerprint density at radius 2 is 1.48 bits per heavy atom. The molecule has 1 aromatic carbocycles. The second kappa shape index (κ2) is 7.05. The van der Waals surface area contributed by atoms with Gasteiger partial charge in [-0.25, -0.2) is 0 Å². The van der Waals surface area contributed by atoms with Crippen LogP contribution in [0.1, 0.15) is 41.5 Å². The van der Waals surface area contributed by atoms with Gasteiger partial charge < -0.3 is 14.3 Å². The number of halogens is 1. The Bertz CT molecular complexity index is 465. The first-order valence-electron chi connectivity index (χ1n) is 7.42.